The fraction of sp³-hybridized carbons (Fsp3) is 0.667. The van der Waals surface area contributed by atoms with Crippen LogP contribution in [0.2, 0.25) is 0 Å². The van der Waals surface area contributed by atoms with Crippen LogP contribution in [0.1, 0.15) is 83.1 Å². The van der Waals surface area contributed by atoms with E-state index in [4.69, 9.17) is 0 Å². The molecule has 114 valence electrons. The van der Waals surface area contributed by atoms with Gasteiger partial charge in [0.05, 0.1) is 0 Å². The summed E-state index contributed by atoms with van der Waals surface area (Å²) in [6, 6.07) is 12.0. The molecule has 0 saturated carbocycles. The molecule has 0 radical (unpaired) electrons. The van der Waals surface area contributed by atoms with Crippen LogP contribution in [-0.2, 0) is 0 Å². The number of rotatable bonds is 0. The van der Waals surface area contributed by atoms with Crippen molar-refractivity contribution in [2.75, 3.05) is 0 Å². The molecule has 0 aliphatic rings. The molecule has 0 atom stereocenters. The molecule has 0 aliphatic carbocycles. The average molecular weight is 259 g/mol. The first-order valence-corrected chi connectivity index (χ1v) is 8.00. The van der Waals surface area contributed by atoms with Gasteiger partial charge in [0.2, 0.25) is 0 Å². The molecule has 0 bridgehead atoms. The maximum atomic E-state index is 2.00. The Hall–Kier alpha value is -0.780. The van der Waals surface area contributed by atoms with Crippen molar-refractivity contribution < 1.29 is 0 Å². The van der Waals surface area contributed by atoms with E-state index >= 15 is 0 Å². The number of benzene rings is 1. The van der Waals surface area contributed by atoms with Crippen molar-refractivity contribution in [3.05, 3.63) is 36.4 Å². The molecule has 0 fully saturated rings. The normalized spacial score (nSPS) is 4.67. The molecule has 0 nitrogen and oxygen atoms in total. The largest absolute Gasteiger partial charge is 0.0683 e. The lowest BCUT2D eigenvalue weighted by Gasteiger charge is -1.69. The van der Waals surface area contributed by atoms with Gasteiger partial charge < -0.3 is 0 Å². The van der Waals surface area contributed by atoms with Gasteiger partial charge in [-0.1, -0.05) is 119 Å². The Morgan fingerprint density at radius 2 is 0.278 bits per heavy atom. The fourth-order valence-electron chi connectivity index (χ4n) is 0.385. The Balaban J connectivity index is -0.0000000262. The average Bonchev–Trinajstić information content (AvgIpc) is 2.60. The quantitative estimate of drug-likeness (QED) is 0.444. The lowest BCUT2D eigenvalue weighted by atomic mass is 10.4. The minimum atomic E-state index is 2.00. The second-order valence-corrected chi connectivity index (χ2v) is 1.15. The zero-order valence-electron chi connectivity index (χ0n) is 15.5. The van der Waals surface area contributed by atoms with Crippen LogP contribution in [0.5, 0.6) is 0 Å². The highest BCUT2D eigenvalue weighted by molar-refractivity contribution is 4.99. The van der Waals surface area contributed by atoms with Gasteiger partial charge in [-0.15, -0.1) is 0 Å². The molecule has 0 N–H and O–H groups in total. The Labute approximate surface area is 120 Å². The van der Waals surface area contributed by atoms with E-state index in [1.165, 1.54) is 0 Å². The summed E-state index contributed by atoms with van der Waals surface area (Å²) in [5, 5.41) is 0. The summed E-state index contributed by atoms with van der Waals surface area (Å²) in [7, 11) is 0. The summed E-state index contributed by atoms with van der Waals surface area (Å²) in [6.07, 6.45) is 0. The highest BCUT2D eigenvalue weighted by Gasteiger charge is 1.57. The maximum Gasteiger partial charge on any atom is -0.0623 e. The van der Waals surface area contributed by atoms with Crippen LogP contribution >= 0.6 is 0 Å². The summed E-state index contributed by atoms with van der Waals surface area (Å²) in [5.74, 6) is 0. The van der Waals surface area contributed by atoms with Gasteiger partial charge in [-0.2, -0.15) is 0 Å². The summed E-state index contributed by atoms with van der Waals surface area (Å²) in [5.41, 5.74) is 0. The van der Waals surface area contributed by atoms with Crippen molar-refractivity contribution in [2.24, 2.45) is 0 Å². The molecule has 1 rings (SSSR count). The van der Waals surface area contributed by atoms with Crippen molar-refractivity contribution in [3.63, 3.8) is 0 Å². The van der Waals surface area contributed by atoms with Crippen LogP contribution in [0.25, 0.3) is 0 Å². The Kier molecular flexibility index (Phi) is 276. The Morgan fingerprint density at radius 3 is 0.333 bits per heavy atom. The first kappa shape index (κ1) is 36.0. The van der Waals surface area contributed by atoms with Gasteiger partial charge in [0.25, 0.3) is 0 Å². The third-order valence-electron chi connectivity index (χ3n) is 0.667. The molecule has 0 amide bonds. The predicted octanol–water partition coefficient (Wildman–Crippen LogP) is 7.84. The third-order valence-corrected chi connectivity index (χ3v) is 0.667. The molecule has 18 heavy (non-hydrogen) atoms. The molecule has 0 aliphatic heterocycles. The molecular formula is C18H42. The van der Waals surface area contributed by atoms with Gasteiger partial charge in [0.15, 0.2) is 0 Å². The van der Waals surface area contributed by atoms with Gasteiger partial charge in [0.1, 0.15) is 0 Å². The molecule has 0 heteroatoms. The summed E-state index contributed by atoms with van der Waals surface area (Å²) in [4.78, 5) is 0. The first-order chi connectivity index (χ1) is 9.00. The zero-order chi connectivity index (χ0) is 16.2. The van der Waals surface area contributed by atoms with Crippen LogP contribution in [-0.4, -0.2) is 0 Å². The van der Waals surface area contributed by atoms with Crippen molar-refractivity contribution in [2.45, 2.75) is 83.1 Å². The zero-order valence-corrected chi connectivity index (χ0v) is 15.5. The Morgan fingerprint density at radius 1 is 0.222 bits per heavy atom. The van der Waals surface area contributed by atoms with E-state index in [-0.39, 0.29) is 0 Å². The van der Waals surface area contributed by atoms with Crippen molar-refractivity contribution in [3.8, 4) is 0 Å². The van der Waals surface area contributed by atoms with E-state index in [2.05, 4.69) is 0 Å². The highest BCUT2D eigenvalue weighted by Crippen LogP contribution is 1.79. The minimum absolute atomic E-state index is 2.00. The summed E-state index contributed by atoms with van der Waals surface area (Å²) in [6.45, 7) is 24.0. The summed E-state index contributed by atoms with van der Waals surface area (Å²) >= 11 is 0. The van der Waals surface area contributed by atoms with Crippen LogP contribution in [0.15, 0.2) is 36.4 Å². The van der Waals surface area contributed by atoms with Crippen LogP contribution in [0.3, 0.4) is 0 Å². The molecule has 0 aromatic heterocycles. The smallest absolute Gasteiger partial charge is 0.0623 e. The SMILES string of the molecule is CC.CC.CC.CC.CC.CC.c1ccccc1. The third kappa shape index (κ3) is 113. The van der Waals surface area contributed by atoms with Crippen LogP contribution in [0.4, 0.5) is 0 Å². The summed E-state index contributed by atoms with van der Waals surface area (Å²) < 4.78 is 0. The molecule has 0 saturated heterocycles. The lowest BCUT2D eigenvalue weighted by molar-refractivity contribution is 1.50. The van der Waals surface area contributed by atoms with Gasteiger partial charge in [0, 0.05) is 0 Å². The predicted molar refractivity (Wildman–Crippen MR) is 94.5 cm³/mol. The van der Waals surface area contributed by atoms with E-state index in [0.29, 0.717) is 0 Å². The topological polar surface area (TPSA) is 0 Å². The van der Waals surface area contributed by atoms with E-state index in [1.54, 1.807) is 0 Å². The molecular weight excluding hydrogens is 216 g/mol. The van der Waals surface area contributed by atoms with Gasteiger partial charge in [-0.3, -0.25) is 0 Å². The van der Waals surface area contributed by atoms with Crippen LogP contribution in [0, 0.1) is 0 Å². The van der Waals surface area contributed by atoms with Crippen molar-refractivity contribution in [1.82, 2.24) is 0 Å². The molecule has 1 aromatic carbocycles. The minimum Gasteiger partial charge on any atom is -0.0683 e. The highest BCUT2D eigenvalue weighted by atomic mass is 13.6. The maximum absolute atomic E-state index is 2.00. The van der Waals surface area contributed by atoms with E-state index in [1.807, 2.05) is 119 Å². The van der Waals surface area contributed by atoms with E-state index in [9.17, 15) is 0 Å². The molecule has 1 aromatic rings. The van der Waals surface area contributed by atoms with Crippen LogP contribution < -0.4 is 0 Å². The number of hydrogen-bond acceptors (Lipinski definition) is 0. The fourth-order valence-corrected chi connectivity index (χ4v) is 0.385. The standard InChI is InChI=1S/C6H6.6C2H6/c1-2-4-6-5-3-1;6*1-2/h1-6H;6*1-2H3. The van der Waals surface area contributed by atoms with Crippen molar-refractivity contribution >= 4 is 0 Å². The van der Waals surface area contributed by atoms with E-state index in [0.717, 1.165) is 0 Å². The first-order valence-electron chi connectivity index (χ1n) is 8.00. The molecule has 0 spiro atoms. The molecule has 0 unspecified atom stereocenters. The van der Waals surface area contributed by atoms with E-state index < -0.39 is 0 Å². The van der Waals surface area contributed by atoms with Crippen molar-refractivity contribution in [1.29, 1.82) is 0 Å². The molecule has 0 heterocycles. The van der Waals surface area contributed by atoms with Gasteiger partial charge in [-0.05, 0) is 0 Å². The number of hydrogen-bond donors (Lipinski definition) is 0. The Bertz CT molecular complexity index is 72.0. The van der Waals surface area contributed by atoms with Gasteiger partial charge in [-0.25, -0.2) is 0 Å². The van der Waals surface area contributed by atoms with Gasteiger partial charge >= 0.3 is 0 Å². The second-order valence-electron chi connectivity index (χ2n) is 1.15. The monoisotopic (exact) mass is 258 g/mol. The lowest BCUT2D eigenvalue weighted by Crippen LogP contribution is -1.47. The second kappa shape index (κ2) is 138.